The molecule has 0 atom stereocenters. The molecule has 0 aliphatic carbocycles. The van der Waals surface area contributed by atoms with Gasteiger partial charge in [0.05, 0.1) is 28.3 Å². The average Bonchev–Trinajstić information content (AvgIpc) is 3.87. The Bertz CT molecular complexity index is 2270. The Morgan fingerprint density at radius 1 is 0.467 bits per heavy atom. The quantitative estimate of drug-likeness (QED) is 0.203. The zero-order valence-electron chi connectivity index (χ0n) is 25.3. The first-order valence-corrected chi connectivity index (χ1v) is 16.0. The van der Waals surface area contributed by atoms with E-state index in [1.807, 2.05) is 18.2 Å². The van der Waals surface area contributed by atoms with Gasteiger partial charge in [0, 0.05) is 26.6 Å². The van der Waals surface area contributed by atoms with E-state index >= 15 is 0 Å². The summed E-state index contributed by atoms with van der Waals surface area (Å²) in [6.07, 6.45) is 8.44. The van der Waals surface area contributed by atoms with Gasteiger partial charge >= 0.3 is 0 Å². The minimum absolute atomic E-state index is 0.750. The van der Waals surface area contributed by atoms with Crippen LogP contribution in [0.3, 0.4) is 0 Å². The minimum Gasteiger partial charge on any atom is -0.457 e. The molecule has 2 aliphatic heterocycles. The number of aryl methyl sites for hydroxylation is 3. The zero-order valence-corrected chi connectivity index (χ0v) is 26.2. The first-order valence-electron chi connectivity index (χ1n) is 15.1. The fourth-order valence-corrected chi connectivity index (χ4v) is 7.12. The van der Waals surface area contributed by atoms with Crippen LogP contribution in [0.2, 0.25) is 0 Å². The molecule has 0 fully saturated rings. The second-order valence-corrected chi connectivity index (χ2v) is 12.8. The van der Waals surface area contributed by atoms with Crippen molar-refractivity contribution in [3.05, 3.63) is 143 Å². The van der Waals surface area contributed by atoms with E-state index < -0.39 is 0 Å². The normalized spacial score (nSPS) is 12.2. The van der Waals surface area contributed by atoms with Crippen LogP contribution in [-0.4, -0.2) is 9.97 Å². The number of furan rings is 1. The van der Waals surface area contributed by atoms with Crippen molar-refractivity contribution in [2.24, 2.45) is 0 Å². The van der Waals surface area contributed by atoms with Crippen LogP contribution in [0.25, 0.3) is 78.3 Å². The molecule has 3 aromatic carbocycles. The van der Waals surface area contributed by atoms with Crippen molar-refractivity contribution in [1.29, 1.82) is 0 Å². The molecule has 4 heteroatoms. The maximum atomic E-state index is 6.51. The van der Waals surface area contributed by atoms with E-state index in [-0.39, 0.29) is 0 Å². The number of fused-ring (bicyclic) bond motifs is 8. The third-order valence-electron chi connectivity index (χ3n) is 8.35. The molecule has 216 valence electrons. The van der Waals surface area contributed by atoms with Crippen molar-refractivity contribution >= 4 is 56.2 Å². The van der Waals surface area contributed by atoms with E-state index in [2.05, 4.69) is 130 Å². The fraction of sp³-hybridized carbons (Fsp3) is 0.0732. The molecule has 0 spiro atoms. The highest BCUT2D eigenvalue weighted by Gasteiger charge is 2.17. The number of benzene rings is 3. The van der Waals surface area contributed by atoms with Gasteiger partial charge in [-0.3, -0.25) is 0 Å². The molecule has 0 amide bonds. The van der Waals surface area contributed by atoms with Crippen LogP contribution in [0.5, 0.6) is 0 Å². The Balaban J connectivity index is 1.52. The van der Waals surface area contributed by atoms with Crippen LogP contribution in [-0.2, 0) is 0 Å². The average molecular weight is 599 g/mol. The van der Waals surface area contributed by atoms with Crippen LogP contribution < -0.4 is 0 Å². The van der Waals surface area contributed by atoms with Gasteiger partial charge in [0.2, 0.25) is 0 Å². The molecule has 2 aliphatic rings. The Morgan fingerprint density at radius 2 is 0.933 bits per heavy atom. The number of nitrogens with zero attached hydrogens (tertiary/aromatic N) is 2. The Kier molecular flexibility index (Phi) is 6.66. The summed E-state index contributed by atoms with van der Waals surface area (Å²) in [5.41, 5.74) is 15.3. The molecule has 0 radical (unpaired) electrons. The summed E-state index contributed by atoms with van der Waals surface area (Å²) in [6.45, 7) is 6.35. The van der Waals surface area contributed by atoms with Crippen LogP contribution in [0.15, 0.2) is 108 Å². The van der Waals surface area contributed by atoms with E-state index in [4.69, 9.17) is 14.4 Å². The molecule has 6 aromatic rings. The Hall–Kier alpha value is -5.32. The lowest BCUT2D eigenvalue weighted by Gasteiger charge is -2.06. The summed E-state index contributed by atoms with van der Waals surface area (Å²) >= 11 is 1.78. The van der Waals surface area contributed by atoms with Gasteiger partial charge < -0.3 is 4.42 Å². The van der Waals surface area contributed by atoms with E-state index in [0.717, 1.165) is 76.7 Å². The highest BCUT2D eigenvalue weighted by molar-refractivity contribution is 7.24. The molecule has 0 N–H and O–H groups in total. The minimum atomic E-state index is 0.750. The lowest BCUT2D eigenvalue weighted by molar-refractivity contribution is 0.666. The smallest absolute Gasteiger partial charge is 0.137 e. The molecule has 3 aromatic heterocycles. The largest absolute Gasteiger partial charge is 0.457 e. The number of rotatable bonds is 3. The summed E-state index contributed by atoms with van der Waals surface area (Å²) < 4.78 is 8.83. The summed E-state index contributed by atoms with van der Waals surface area (Å²) in [5.74, 6) is 0. The monoisotopic (exact) mass is 598 g/mol. The topological polar surface area (TPSA) is 38.9 Å². The Labute approximate surface area is 266 Å². The second-order valence-electron chi connectivity index (χ2n) is 11.7. The molecular formula is C41H30N2OS. The lowest BCUT2D eigenvalue weighted by atomic mass is 10.0. The SMILES string of the molecule is Cc1ccc(-c2c3nc(c(-c4ccc(C)cc4)c4ccc(s4)c(-c4ccc(C)cc4)c4nc(cc5ccc2o5)C=C4)C=C3)cc1. The van der Waals surface area contributed by atoms with Crippen LogP contribution in [0.1, 0.15) is 39.5 Å². The van der Waals surface area contributed by atoms with Crippen molar-refractivity contribution in [2.45, 2.75) is 20.8 Å². The molecule has 0 unspecified atom stereocenters. The number of hydrogen-bond acceptors (Lipinski definition) is 4. The summed E-state index contributed by atoms with van der Waals surface area (Å²) in [6, 6.07) is 36.5. The van der Waals surface area contributed by atoms with E-state index in [1.54, 1.807) is 11.3 Å². The third kappa shape index (κ3) is 5.13. The number of aromatic nitrogens is 2. The van der Waals surface area contributed by atoms with Gasteiger partial charge in [-0.1, -0.05) is 89.5 Å². The van der Waals surface area contributed by atoms with Gasteiger partial charge in [0.15, 0.2) is 0 Å². The molecule has 5 heterocycles. The van der Waals surface area contributed by atoms with Gasteiger partial charge in [-0.05, 0) is 86.0 Å². The van der Waals surface area contributed by atoms with Gasteiger partial charge in [0.25, 0.3) is 0 Å². The van der Waals surface area contributed by atoms with E-state index in [0.29, 0.717) is 0 Å². The van der Waals surface area contributed by atoms with E-state index in [9.17, 15) is 0 Å². The highest BCUT2D eigenvalue weighted by atomic mass is 32.1. The maximum absolute atomic E-state index is 6.51. The molecule has 3 nitrogen and oxygen atoms in total. The van der Waals surface area contributed by atoms with Crippen molar-refractivity contribution in [2.75, 3.05) is 0 Å². The molecule has 8 bridgehead atoms. The lowest BCUT2D eigenvalue weighted by Crippen LogP contribution is -1.87. The van der Waals surface area contributed by atoms with Gasteiger partial charge in [0.1, 0.15) is 11.2 Å². The first-order chi connectivity index (χ1) is 22.0. The van der Waals surface area contributed by atoms with Crippen molar-refractivity contribution < 1.29 is 4.42 Å². The van der Waals surface area contributed by atoms with Crippen LogP contribution >= 0.6 is 11.3 Å². The predicted octanol–water partition coefficient (Wildman–Crippen LogP) is 11.6. The van der Waals surface area contributed by atoms with Crippen molar-refractivity contribution in [1.82, 2.24) is 9.97 Å². The molecule has 8 rings (SSSR count). The second kappa shape index (κ2) is 11.0. The van der Waals surface area contributed by atoms with Gasteiger partial charge in [-0.25, -0.2) is 9.97 Å². The fourth-order valence-electron chi connectivity index (χ4n) is 5.97. The van der Waals surface area contributed by atoms with Gasteiger partial charge in [-0.15, -0.1) is 11.3 Å². The maximum Gasteiger partial charge on any atom is 0.137 e. The zero-order chi connectivity index (χ0) is 30.5. The third-order valence-corrected chi connectivity index (χ3v) is 9.47. The van der Waals surface area contributed by atoms with Crippen LogP contribution in [0.4, 0.5) is 0 Å². The summed E-state index contributed by atoms with van der Waals surface area (Å²) in [5, 5.41) is 0. The molecule has 0 saturated heterocycles. The molecule has 45 heavy (non-hydrogen) atoms. The molecular weight excluding hydrogens is 569 g/mol. The van der Waals surface area contributed by atoms with Crippen molar-refractivity contribution in [3.8, 4) is 33.4 Å². The van der Waals surface area contributed by atoms with Gasteiger partial charge in [-0.2, -0.15) is 0 Å². The van der Waals surface area contributed by atoms with E-state index in [1.165, 1.54) is 16.7 Å². The number of hydrogen-bond donors (Lipinski definition) is 0. The Morgan fingerprint density at radius 3 is 1.49 bits per heavy atom. The van der Waals surface area contributed by atoms with Crippen molar-refractivity contribution in [3.63, 3.8) is 0 Å². The first kappa shape index (κ1) is 27.2. The summed E-state index contributed by atoms with van der Waals surface area (Å²) in [4.78, 5) is 10.4. The number of thiophene rings is 1. The standard InChI is InChI=1S/C41H30N2OS/c1-25-4-10-28(11-5-25)39-33-19-20-35(43-33)41(30-14-8-27(3)9-15-30)38-23-22-37(45-38)40(29-12-6-26(2)7-13-29)34-18-16-31(42-34)24-32-17-21-36(39)44-32/h4-24H,1-3H3. The summed E-state index contributed by atoms with van der Waals surface area (Å²) in [7, 11) is 0. The highest BCUT2D eigenvalue weighted by Crippen LogP contribution is 2.40. The predicted molar refractivity (Wildman–Crippen MR) is 191 cm³/mol. The van der Waals surface area contributed by atoms with Crippen LogP contribution in [0, 0.1) is 20.8 Å². The molecule has 0 saturated carbocycles.